The number of carbonyl (C=O) groups is 1. The summed E-state index contributed by atoms with van der Waals surface area (Å²) < 4.78 is 5.29. The molecule has 108 valence electrons. The Morgan fingerprint density at radius 2 is 2.25 bits per heavy atom. The quantitative estimate of drug-likeness (QED) is 0.886. The molecule has 0 radical (unpaired) electrons. The van der Waals surface area contributed by atoms with Crippen LogP contribution in [0, 0.1) is 0 Å². The maximum absolute atomic E-state index is 11.7. The van der Waals surface area contributed by atoms with Crippen molar-refractivity contribution in [3.05, 3.63) is 29.3 Å². The van der Waals surface area contributed by atoms with Crippen molar-refractivity contribution in [3.8, 4) is 5.75 Å². The van der Waals surface area contributed by atoms with Crippen LogP contribution in [0.3, 0.4) is 0 Å². The van der Waals surface area contributed by atoms with Gasteiger partial charge in [-0.2, -0.15) is 0 Å². The van der Waals surface area contributed by atoms with Gasteiger partial charge in [0.25, 0.3) is 0 Å². The van der Waals surface area contributed by atoms with E-state index in [1.54, 1.807) is 7.11 Å². The highest BCUT2D eigenvalue weighted by Crippen LogP contribution is 2.28. The van der Waals surface area contributed by atoms with Gasteiger partial charge in [-0.25, -0.2) is 0 Å². The normalized spacial score (nSPS) is 23.6. The third-order valence-electron chi connectivity index (χ3n) is 4.42. The molecule has 1 aromatic carbocycles. The molecular weight excluding hydrogens is 252 g/mol. The molecule has 1 fully saturated rings. The van der Waals surface area contributed by atoms with Crippen molar-refractivity contribution in [1.29, 1.82) is 0 Å². The molecule has 0 aromatic heterocycles. The second-order valence-corrected chi connectivity index (χ2v) is 5.71. The lowest BCUT2D eigenvalue weighted by atomic mass is 9.87. The number of carbonyl (C=O) groups excluding carboxylic acids is 1. The highest BCUT2D eigenvalue weighted by molar-refractivity contribution is 5.78. The van der Waals surface area contributed by atoms with Gasteiger partial charge in [0, 0.05) is 19.1 Å². The van der Waals surface area contributed by atoms with E-state index in [1.807, 2.05) is 6.07 Å². The van der Waals surface area contributed by atoms with Crippen LogP contribution in [0.1, 0.15) is 24.0 Å². The fraction of sp³-hybridized carbons (Fsp3) is 0.562. The molecular formula is C16H22N2O2. The van der Waals surface area contributed by atoms with Gasteiger partial charge in [-0.05, 0) is 48.9 Å². The molecule has 1 atom stereocenters. The number of benzene rings is 1. The van der Waals surface area contributed by atoms with Crippen LogP contribution in [0.2, 0.25) is 0 Å². The Bertz CT molecular complexity index is 501. The van der Waals surface area contributed by atoms with E-state index in [9.17, 15) is 4.79 Å². The van der Waals surface area contributed by atoms with Crippen LogP contribution in [-0.4, -0.2) is 43.6 Å². The Labute approximate surface area is 120 Å². The number of amides is 1. The molecule has 1 N–H and O–H groups in total. The zero-order chi connectivity index (χ0) is 13.9. The second kappa shape index (κ2) is 5.83. The lowest BCUT2D eigenvalue weighted by Gasteiger charge is -2.33. The molecule has 1 amide bonds. The first-order valence-electron chi connectivity index (χ1n) is 7.43. The van der Waals surface area contributed by atoms with Crippen LogP contribution < -0.4 is 10.1 Å². The highest BCUT2D eigenvalue weighted by atomic mass is 16.5. The molecule has 1 saturated heterocycles. The number of fused-ring (bicyclic) bond motifs is 1. The van der Waals surface area contributed by atoms with E-state index in [2.05, 4.69) is 22.3 Å². The largest absolute Gasteiger partial charge is 0.497 e. The van der Waals surface area contributed by atoms with Gasteiger partial charge in [0.05, 0.1) is 13.7 Å². The smallest absolute Gasteiger partial charge is 0.234 e. The Kier molecular flexibility index (Phi) is 3.92. The van der Waals surface area contributed by atoms with E-state index >= 15 is 0 Å². The van der Waals surface area contributed by atoms with Crippen LogP contribution in [0.25, 0.3) is 0 Å². The molecule has 1 unspecified atom stereocenters. The third-order valence-corrected chi connectivity index (χ3v) is 4.42. The van der Waals surface area contributed by atoms with Gasteiger partial charge in [-0.3, -0.25) is 9.69 Å². The molecule has 1 aliphatic heterocycles. The summed E-state index contributed by atoms with van der Waals surface area (Å²) in [6.07, 6.45) is 4.31. The zero-order valence-electron chi connectivity index (χ0n) is 12.0. The predicted molar refractivity (Wildman–Crippen MR) is 78.0 cm³/mol. The first kappa shape index (κ1) is 13.4. The lowest BCUT2D eigenvalue weighted by molar-refractivity contribution is -0.122. The van der Waals surface area contributed by atoms with Crippen LogP contribution in [0.5, 0.6) is 5.75 Å². The molecule has 1 heterocycles. The van der Waals surface area contributed by atoms with Crippen LogP contribution in [0.4, 0.5) is 0 Å². The van der Waals surface area contributed by atoms with Gasteiger partial charge in [0.2, 0.25) is 5.91 Å². The summed E-state index contributed by atoms with van der Waals surface area (Å²) in [5, 5.41) is 2.95. The molecule has 0 bridgehead atoms. The minimum Gasteiger partial charge on any atom is -0.497 e. The summed E-state index contributed by atoms with van der Waals surface area (Å²) in [5.74, 6) is 1.11. The van der Waals surface area contributed by atoms with Crippen LogP contribution in [-0.2, 0) is 17.6 Å². The first-order valence-corrected chi connectivity index (χ1v) is 7.43. The lowest BCUT2D eigenvalue weighted by Crippen LogP contribution is -2.43. The van der Waals surface area contributed by atoms with Gasteiger partial charge in [-0.15, -0.1) is 0 Å². The summed E-state index contributed by atoms with van der Waals surface area (Å²) in [4.78, 5) is 14.1. The van der Waals surface area contributed by atoms with E-state index in [0.717, 1.165) is 44.5 Å². The number of hydrogen-bond donors (Lipinski definition) is 1. The molecule has 20 heavy (non-hydrogen) atoms. The van der Waals surface area contributed by atoms with Gasteiger partial charge < -0.3 is 10.1 Å². The van der Waals surface area contributed by atoms with E-state index in [1.165, 1.54) is 11.1 Å². The fourth-order valence-electron chi connectivity index (χ4n) is 3.29. The fourth-order valence-corrected chi connectivity index (χ4v) is 3.29. The average molecular weight is 274 g/mol. The summed E-state index contributed by atoms with van der Waals surface area (Å²) in [6.45, 7) is 2.39. The van der Waals surface area contributed by atoms with Gasteiger partial charge in [-0.1, -0.05) is 6.07 Å². The minimum absolute atomic E-state index is 0.169. The summed E-state index contributed by atoms with van der Waals surface area (Å²) in [7, 11) is 1.71. The van der Waals surface area contributed by atoms with Crippen molar-refractivity contribution in [2.45, 2.75) is 31.7 Å². The van der Waals surface area contributed by atoms with Crippen molar-refractivity contribution in [2.75, 3.05) is 26.7 Å². The minimum atomic E-state index is 0.169. The maximum atomic E-state index is 11.7. The van der Waals surface area contributed by atoms with Crippen molar-refractivity contribution in [1.82, 2.24) is 10.2 Å². The SMILES string of the molecule is COc1ccc2c(c1)CCC(N1CCCNC(=O)C1)C2. The second-order valence-electron chi connectivity index (χ2n) is 5.71. The van der Waals surface area contributed by atoms with E-state index < -0.39 is 0 Å². The number of nitrogens with zero attached hydrogens (tertiary/aromatic N) is 1. The van der Waals surface area contributed by atoms with Gasteiger partial charge >= 0.3 is 0 Å². The van der Waals surface area contributed by atoms with Gasteiger partial charge in [0.15, 0.2) is 0 Å². The summed E-state index contributed by atoms with van der Waals surface area (Å²) >= 11 is 0. The standard InChI is InChI=1S/C16H22N2O2/c1-20-15-6-4-12-9-14(5-3-13(12)10-15)18-8-2-7-17-16(19)11-18/h4,6,10,14H,2-3,5,7-9,11H2,1H3,(H,17,19). The topological polar surface area (TPSA) is 41.6 Å². The number of hydrogen-bond acceptors (Lipinski definition) is 3. The number of rotatable bonds is 2. The van der Waals surface area contributed by atoms with Gasteiger partial charge in [0.1, 0.15) is 5.75 Å². The van der Waals surface area contributed by atoms with Crippen LogP contribution >= 0.6 is 0 Å². The monoisotopic (exact) mass is 274 g/mol. The Morgan fingerprint density at radius 1 is 1.35 bits per heavy atom. The molecule has 0 spiro atoms. The average Bonchev–Trinajstić information content (AvgIpc) is 2.70. The highest BCUT2D eigenvalue weighted by Gasteiger charge is 2.26. The Hall–Kier alpha value is -1.55. The molecule has 0 saturated carbocycles. The summed E-state index contributed by atoms with van der Waals surface area (Å²) in [6, 6.07) is 6.87. The van der Waals surface area contributed by atoms with E-state index in [-0.39, 0.29) is 5.91 Å². The molecule has 4 nitrogen and oxygen atoms in total. The Balaban J connectivity index is 1.73. The van der Waals surface area contributed by atoms with E-state index in [4.69, 9.17) is 4.74 Å². The Morgan fingerprint density at radius 3 is 3.10 bits per heavy atom. The van der Waals surface area contributed by atoms with Crippen molar-refractivity contribution in [2.24, 2.45) is 0 Å². The number of ether oxygens (including phenoxy) is 1. The van der Waals surface area contributed by atoms with E-state index in [0.29, 0.717) is 12.6 Å². The molecule has 1 aliphatic carbocycles. The third kappa shape index (κ3) is 2.80. The summed E-state index contributed by atoms with van der Waals surface area (Å²) in [5.41, 5.74) is 2.81. The first-order chi connectivity index (χ1) is 9.76. The van der Waals surface area contributed by atoms with Crippen molar-refractivity contribution >= 4 is 5.91 Å². The number of nitrogens with one attached hydrogen (secondary N) is 1. The molecule has 1 aromatic rings. The van der Waals surface area contributed by atoms with Crippen LogP contribution in [0.15, 0.2) is 18.2 Å². The zero-order valence-corrected chi connectivity index (χ0v) is 12.0. The molecule has 3 rings (SSSR count). The van der Waals surface area contributed by atoms with Crippen molar-refractivity contribution in [3.63, 3.8) is 0 Å². The van der Waals surface area contributed by atoms with Crippen molar-refractivity contribution < 1.29 is 9.53 Å². The number of aryl methyl sites for hydroxylation is 1. The molecule has 4 heteroatoms. The maximum Gasteiger partial charge on any atom is 0.234 e. The molecule has 2 aliphatic rings. The predicted octanol–water partition coefficient (Wildman–Crippen LogP) is 1.37. The number of methoxy groups -OCH3 is 1.